The van der Waals surface area contributed by atoms with Crippen LogP contribution >= 0.6 is 11.6 Å². The number of morpholine rings is 1. The highest BCUT2D eigenvalue weighted by atomic mass is 35.5. The van der Waals surface area contributed by atoms with Gasteiger partial charge in [0.25, 0.3) is 5.91 Å². The van der Waals surface area contributed by atoms with Gasteiger partial charge in [-0.1, -0.05) is 11.6 Å². The Bertz CT molecular complexity index is 1180. The van der Waals surface area contributed by atoms with Crippen LogP contribution in [0, 0.1) is 11.3 Å². The Morgan fingerprint density at radius 1 is 1.36 bits per heavy atom. The largest absolute Gasteiger partial charge is 0.495 e. The Hall–Kier alpha value is -3.68. The zero-order valence-electron chi connectivity index (χ0n) is 18.0. The molecule has 10 nitrogen and oxygen atoms in total. The van der Waals surface area contributed by atoms with E-state index >= 15 is 0 Å². The van der Waals surface area contributed by atoms with Gasteiger partial charge in [0.2, 0.25) is 5.95 Å². The Kier molecular flexibility index (Phi) is 7.02. The zero-order valence-corrected chi connectivity index (χ0v) is 18.7. The number of anilines is 2. The predicted molar refractivity (Wildman–Crippen MR) is 122 cm³/mol. The van der Waals surface area contributed by atoms with Crippen LogP contribution in [-0.2, 0) is 11.2 Å². The summed E-state index contributed by atoms with van der Waals surface area (Å²) in [6.45, 7) is 2.20. The normalized spacial score (nSPS) is 13.4. The minimum Gasteiger partial charge on any atom is -0.495 e. The van der Waals surface area contributed by atoms with Crippen molar-refractivity contribution < 1.29 is 14.3 Å². The molecule has 0 bridgehead atoms. The number of hydrogen-bond acceptors (Lipinski definition) is 8. The maximum absolute atomic E-state index is 12.8. The molecule has 0 radical (unpaired) electrons. The number of aryl methyl sites for hydroxylation is 1. The van der Waals surface area contributed by atoms with Crippen molar-refractivity contribution in [2.75, 3.05) is 38.7 Å². The summed E-state index contributed by atoms with van der Waals surface area (Å²) in [5.41, 5.74) is 3.10. The average Bonchev–Trinajstić information content (AvgIpc) is 3.32. The Balaban J connectivity index is 1.58. The molecule has 33 heavy (non-hydrogen) atoms. The highest BCUT2D eigenvalue weighted by Crippen LogP contribution is 2.32. The standard InChI is InChI=1S/C22H22ClN7O3/c1-32-19-11-14(21(31)30-7-9-33-10-8-30)4-5-18(19)27-22-25-13-16(23)20(28-22)15-12-26-29-17(15)3-2-6-24/h4-5,11-13H,2-3,7-10H2,1H3,(H,26,29)(H,25,27,28). The quantitative estimate of drug-likeness (QED) is 0.542. The Morgan fingerprint density at radius 2 is 2.18 bits per heavy atom. The number of ether oxygens (including phenoxy) is 2. The fourth-order valence-corrected chi connectivity index (χ4v) is 3.69. The fraction of sp³-hybridized carbons (Fsp3) is 0.318. The number of rotatable bonds is 7. The van der Waals surface area contributed by atoms with Crippen LogP contribution in [0.5, 0.6) is 5.75 Å². The summed E-state index contributed by atoms with van der Waals surface area (Å²) in [6.07, 6.45) is 3.96. The number of benzene rings is 1. The molecule has 0 unspecified atom stereocenters. The maximum atomic E-state index is 12.8. The highest BCUT2D eigenvalue weighted by molar-refractivity contribution is 6.33. The first-order valence-electron chi connectivity index (χ1n) is 10.3. The van der Waals surface area contributed by atoms with Crippen molar-refractivity contribution in [3.63, 3.8) is 0 Å². The summed E-state index contributed by atoms with van der Waals surface area (Å²) < 4.78 is 10.8. The van der Waals surface area contributed by atoms with Crippen molar-refractivity contribution in [3.05, 3.63) is 46.9 Å². The highest BCUT2D eigenvalue weighted by Gasteiger charge is 2.20. The Labute approximate surface area is 195 Å². The van der Waals surface area contributed by atoms with Gasteiger partial charge in [-0.3, -0.25) is 9.89 Å². The molecule has 1 aliphatic heterocycles. The number of halogens is 1. The number of carbonyl (C=O) groups is 1. The van der Waals surface area contributed by atoms with Gasteiger partial charge in [-0.05, 0) is 18.2 Å². The molecular formula is C22H22ClN7O3. The van der Waals surface area contributed by atoms with E-state index in [1.807, 2.05) is 0 Å². The van der Waals surface area contributed by atoms with Crippen LogP contribution in [0.3, 0.4) is 0 Å². The first kappa shape index (κ1) is 22.5. The third kappa shape index (κ3) is 5.05. The first-order chi connectivity index (χ1) is 16.1. The maximum Gasteiger partial charge on any atom is 0.254 e. The van der Waals surface area contributed by atoms with Crippen LogP contribution in [-0.4, -0.2) is 64.4 Å². The molecule has 11 heteroatoms. The summed E-state index contributed by atoms with van der Waals surface area (Å²) in [6, 6.07) is 7.29. The van der Waals surface area contributed by atoms with E-state index in [0.29, 0.717) is 78.4 Å². The molecule has 3 heterocycles. The Morgan fingerprint density at radius 3 is 2.94 bits per heavy atom. The molecule has 0 saturated carbocycles. The lowest BCUT2D eigenvalue weighted by atomic mass is 10.1. The van der Waals surface area contributed by atoms with Gasteiger partial charge >= 0.3 is 0 Å². The minimum absolute atomic E-state index is 0.0713. The SMILES string of the molecule is COc1cc(C(=O)N2CCOCC2)ccc1Nc1ncc(Cl)c(-c2cn[nH]c2CCC#N)n1. The number of amides is 1. The predicted octanol–water partition coefficient (Wildman–Crippen LogP) is 3.20. The summed E-state index contributed by atoms with van der Waals surface area (Å²) in [5.74, 6) is 0.706. The summed E-state index contributed by atoms with van der Waals surface area (Å²) in [5, 5.41) is 19.3. The van der Waals surface area contributed by atoms with Gasteiger partial charge in [-0.15, -0.1) is 0 Å². The van der Waals surface area contributed by atoms with Crippen molar-refractivity contribution in [2.24, 2.45) is 0 Å². The van der Waals surface area contributed by atoms with E-state index in [1.54, 1.807) is 29.3 Å². The number of nitrogens with zero attached hydrogens (tertiary/aromatic N) is 5. The number of aromatic nitrogens is 4. The molecule has 2 N–H and O–H groups in total. The van der Waals surface area contributed by atoms with Gasteiger partial charge in [-0.2, -0.15) is 10.4 Å². The second-order valence-corrected chi connectivity index (χ2v) is 7.66. The van der Waals surface area contributed by atoms with Gasteiger partial charge in [0.15, 0.2) is 0 Å². The van der Waals surface area contributed by atoms with Crippen LogP contribution in [0.25, 0.3) is 11.3 Å². The number of nitriles is 1. The van der Waals surface area contributed by atoms with Gasteiger partial charge in [0.1, 0.15) is 5.75 Å². The third-order valence-electron chi connectivity index (χ3n) is 5.20. The zero-order chi connectivity index (χ0) is 23.2. The van der Waals surface area contributed by atoms with Crippen LogP contribution in [0.4, 0.5) is 11.6 Å². The fourth-order valence-electron chi connectivity index (χ4n) is 3.50. The number of aromatic amines is 1. The van der Waals surface area contributed by atoms with E-state index in [0.717, 1.165) is 5.69 Å². The van der Waals surface area contributed by atoms with Crippen molar-refractivity contribution in [1.82, 2.24) is 25.1 Å². The van der Waals surface area contributed by atoms with Crippen LogP contribution in [0.1, 0.15) is 22.5 Å². The molecule has 3 aromatic rings. The van der Waals surface area contributed by atoms with E-state index in [1.165, 1.54) is 13.3 Å². The molecule has 1 amide bonds. The smallest absolute Gasteiger partial charge is 0.254 e. The third-order valence-corrected chi connectivity index (χ3v) is 5.47. The van der Waals surface area contributed by atoms with Gasteiger partial charge < -0.3 is 19.7 Å². The molecule has 1 fully saturated rings. The lowest BCUT2D eigenvalue weighted by molar-refractivity contribution is 0.0302. The van der Waals surface area contributed by atoms with Crippen LogP contribution in [0.2, 0.25) is 5.02 Å². The molecule has 170 valence electrons. The van der Waals surface area contributed by atoms with E-state index in [9.17, 15) is 4.79 Å². The van der Waals surface area contributed by atoms with Crippen LogP contribution < -0.4 is 10.1 Å². The van der Waals surface area contributed by atoms with E-state index in [4.69, 9.17) is 26.3 Å². The number of methoxy groups -OCH3 is 1. The molecule has 0 atom stereocenters. The molecule has 0 spiro atoms. The number of carbonyl (C=O) groups excluding carboxylic acids is 1. The average molecular weight is 468 g/mol. The van der Waals surface area contributed by atoms with Crippen molar-refractivity contribution in [2.45, 2.75) is 12.8 Å². The lowest BCUT2D eigenvalue weighted by Crippen LogP contribution is -2.40. The monoisotopic (exact) mass is 467 g/mol. The van der Waals surface area contributed by atoms with Crippen molar-refractivity contribution in [1.29, 1.82) is 5.26 Å². The summed E-state index contributed by atoms with van der Waals surface area (Å²) in [7, 11) is 1.53. The lowest BCUT2D eigenvalue weighted by Gasteiger charge is -2.27. The number of hydrogen-bond donors (Lipinski definition) is 2. The molecule has 4 rings (SSSR count). The van der Waals surface area contributed by atoms with Crippen LogP contribution in [0.15, 0.2) is 30.6 Å². The molecule has 0 aliphatic carbocycles. The van der Waals surface area contributed by atoms with E-state index in [2.05, 4.69) is 31.6 Å². The van der Waals surface area contributed by atoms with E-state index in [-0.39, 0.29) is 5.91 Å². The molecule has 1 aromatic carbocycles. The molecular weight excluding hydrogens is 446 g/mol. The van der Waals surface area contributed by atoms with Gasteiger partial charge in [-0.25, -0.2) is 9.97 Å². The molecule has 2 aromatic heterocycles. The van der Waals surface area contributed by atoms with Crippen molar-refractivity contribution in [3.8, 4) is 23.1 Å². The minimum atomic E-state index is -0.0713. The molecule has 1 aliphatic rings. The van der Waals surface area contributed by atoms with Crippen molar-refractivity contribution >= 4 is 29.1 Å². The van der Waals surface area contributed by atoms with Gasteiger partial charge in [0, 0.05) is 42.8 Å². The summed E-state index contributed by atoms with van der Waals surface area (Å²) >= 11 is 6.35. The summed E-state index contributed by atoms with van der Waals surface area (Å²) in [4.78, 5) is 23.3. The topological polar surface area (TPSA) is 129 Å². The number of nitrogens with one attached hydrogen (secondary N) is 2. The van der Waals surface area contributed by atoms with Gasteiger partial charge in [0.05, 0.1) is 55.2 Å². The van der Waals surface area contributed by atoms with E-state index < -0.39 is 0 Å². The first-order valence-corrected chi connectivity index (χ1v) is 10.7. The number of H-pyrrole nitrogens is 1. The molecule has 1 saturated heterocycles. The second kappa shape index (κ2) is 10.3. The second-order valence-electron chi connectivity index (χ2n) is 7.26.